The van der Waals surface area contributed by atoms with Crippen molar-refractivity contribution in [2.75, 3.05) is 0 Å². The van der Waals surface area contributed by atoms with Crippen molar-refractivity contribution in [3.63, 3.8) is 0 Å². The van der Waals surface area contributed by atoms with E-state index in [-0.39, 0.29) is 11.1 Å². The fraction of sp³-hybridized carbons (Fsp3) is 0.400. The van der Waals surface area contributed by atoms with Crippen LogP contribution in [0.25, 0.3) is 21.7 Å². The van der Waals surface area contributed by atoms with Gasteiger partial charge in [0, 0.05) is 30.2 Å². The molecule has 1 aromatic carbocycles. The summed E-state index contributed by atoms with van der Waals surface area (Å²) in [6.45, 7) is 6.30. The standard InChI is InChI=1S/C20H25B2N3O2/c1-11-10-19(3,24-11)20(21,22)27-13-5-6-14-15-7-8-23-12(2)17(15)25(4)18(26)16(14)9-13/h5-9,11,24H,10,21-22H2,1-4H3. The smallest absolute Gasteiger partial charge is 0.258 e. The third kappa shape index (κ3) is 2.67. The van der Waals surface area contributed by atoms with Crippen LogP contribution in [0.3, 0.4) is 0 Å². The number of rotatable bonds is 3. The Kier molecular flexibility index (Phi) is 3.93. The van der Waals surface area contributed by atoms with Crippen molar-refractivity contribution in [3.8, 4) is 5.75 Å². The second-order valence-corrected chi connectivity index (χ2v) is 8.56. The lowest BCUT2D eigenvalue weighted by atomic mass is 9.50. The number of hydrogen-bond acceptors (Lipinski definition) is 4. The summed E-state index contributed by atoms with van der Waals surface area (Å²) in [4.78, 5) is 17.3. The fourth-order valence-electron chi connectivity index (χ4n) is 4.44. The Labute approximate surface area is 160 Å². The Morgan fingerprint density at radius 2 is 2.00 bits per heavy atom. The molecular weight excluding hydrogens is 336 g/mol. The molecule has 0 amide bonds. The molecule has 2 atom stereocenters. The molecule has 3 heterocycles. The lowest BCUT2D eigenvalue weighted by Gasteiger charge is -2.55. The average molecular weight is 361 g/mol. The van der Waals surface area contributed by atoms with E-state index in [9.17, 15) is 4.79 Å². The highest BCUT2D eigenvalue weighted by Crippen LogP contribution is 2.35. The molecule has 2 unspecified atom stereocenters. The number of nitrogens with zero attached hydrogens (tertiary/aromatic N) is 2. The molecule has 7 heteroatoms. The van der Waals surface area contributed by atoms with Gasteiger partial charge < -0.3 is 14.6 Å². The summed E-state index contributed by atoms with van der Waals surface area (Å²) in [7, 11) is 6.00. The molecule has 2 aromatic heterocycles. The van der Waals surface area contributed by atoms with Gasteiger partial charge in [-0.2, -0.15) is 0 Å². The number of ether oxygens (including phenoxy) is 1. The minimum atomic E-state index is -0.393. The second kappa shape index (κ2) is 5.86. The summed E-state index contributed by atoms with van der Waals surface area (Å²) < 4.78 is 8.06. The van der Waals surface area contributed by atoms with E-state index >= 15 is 0 Å². The molecule has 1 fully saturated rings. The van der Waals surface area contributed by atoms with Crippen molar-refractivity contribution in [3.05, 3.63) is 46.5 Å². The second-order valence-electron chi connectivity index (χ2n) is 8.56. The maximum absolute atomic E-state index is 13.0. The van der Waals surface area contributed by atoms with Crippen LogP contribution in [0.5, 0.6) is 5.75 Å². The molecule has 0 saturated carbocycles. The molecule has 1 aliphatic heterocycles. The highest BCUT2D eigenvalue weighted by Gasteiger charge is 2.49. The molecule has 1 N–H and O–H groups in total. The van der Waals surface area contributed by atoms with Gasteiger partial charge in [0.25, 0.3) is 5.56 Å². The normalized spacial score (nSPS) is 22.7. The van der Waals surface area contributed by atoms with Gasteiger partial charge in [-0.3, -0.25) is 9.78 Å². The fourth-order valence-corrected chi connectivity index (χ4v) is 4.44. The van der Waals surface area contributed by atoms with E-state index in [0.29, 0.717) is 11.4 Å². The van der Waals surface area contributed by atoms with Gasteiger partial charge in [-0.25, -0.2) is 0 Å². The molecule has 1 aliphatic rings. The van der Waals surface area contributed by atoms with Crippen molar-refractivity contribution in [1.82, 2.24) is 14.9 Å². The van der Waals surface area contributed by atoms with Gasteiger partial charge in [-0.1, -0.05) is 0 Å². The van der Waals surface area contributed by atoms with Crippen molar-refractivity contribution >= 4 is 37.4 Å². The topological polar surface area (TPSA) is 56.2 Å². The summed E-state index contributed by atoms with van der Waals surface area (Å²) in [5.41, 5.74) is 1.62. The Morgan fingerprint density at radius 1 is 1.30 bits per heavy atom. The first-order valence-electron chi connectivity index (χ1n) is 9.48. The van der Waals surface area contributed by atoms with Gasteiger partial charge in [-0.15, -0.1) is 0 Å². The largest absolute Gasteiger partial charge is 0.504 e. The molecule has 0 spiro atoms. The van der Waals surface area contributed by atoms with Crippen LogP contribution < -0.4 is 15.6 Å². The highest BCUT2D eigenvalue weighted by atomic mass is 16.5. The number of aromatic nitrogens is 2. The molecule has 5 nitrogen and oxygen atoms in total. The first-order chi connectivity index (χ1) is 12.6. The molecule has 3 aromatic rings. The van der Waals surface area contributed by atoms with Crippen LogP contribution in [-0.4, -0.2) is 42.2 Å². The van der Waals surface area contributed by atoms with Crippen LogP contribution in [0.1, 0.15) is 26.0 Å². The van der Waals surface area contributed by atoms with Crippen LogP contribution >= 0.6 is 0 Å². The van der Waals surface area contributed by atoms with Crippen LogP contribution in [0.4, 0.5) is 0 Å². The van der Waals surface area contributed by atoms with E-state index in [2.05, 4.69) is 39.8 Å². The van der Waals surface area contributed by atoms with E-state index in [4.69, 9.17) is 4.74 Å². The first-order valence-corrected chi connectivity index (χ1v) is 9.48. The third-order valence-electron chi connectivity index (χ3n) is 6.24. The minimum absolute atomic E-state index is 0.0292. The van der Waals surface area contributed by atoms with E-state index in [1.807, 2.05) is 31.2 Å². The highest BCUT2D eigenvalue weighted by molar-refractivity contribution is 6.40. The van der Waals surface area contributed by atoms with E-state index < -0.39 is 5.40 Å². The Balaban J connectivity index is 1.83. The molecular formula is C20H25B2N3O2. The Bertz CT molecular complexity index is 1120. The summed E-state index contributed by atoms with van der Waals surface area (Å²) >= 11 is 0. The number of pyridine rings is 2. The molecule has 27 heavy (non-hydrogen) atoms. The van der Waals surface area contributed by atoms with Crippen molar-refractivity contribution in [1.29, 1.82) is 0 Å². The van der Waals surface area contributed by atoms with Gasteiger partial charge in [0.05, 0.1) is 22.0 Å². The summed E-state index contributed by atoms with van der Waals surface area (Å²) in [6.07, 6.45) is 2.85. The van der Waals surface area contributed by atoms with Gasteiger partial charge in [0.1, 0.15) is 21.4 Å². The number of fused-ring (bicyclic) bond motifs is 3. The number of aryl methyl sites for hydroxylation is 2. The molecule has 4 rings (SSSR count). The lowest BCUT2D eigenvalue weighted by Crippen LogP contribution is -2.74. The van der Waals surface area contributed by atoms with Crippen LogP contribution in [-0.2, 0) is 7.05 Å². The molecule has 138 valence electrons. The summed E-state index contributed by atoms with van der Waals surface area (Å²) in [5, 5.41) is 5.82. The zero-order valence-corrected chi connectivity index (χ0v) is 16.9. The monoisotopic (exact) mass is 361 g/mol. The zero-order valence-electron chi connectivity index (χ0n) is 16.9. The predicted octanol–water partition coefficient (Wildman–Crippen LogP) is 0.834. The molecule has 1 saturated heterocycles. The SMILES string of the molecule is BC(B)(Oc1ccc2c(c1)c(=O)n(C)c1c(C)nccc21)C1(C)CC(C)N1. The van der Waals surface area contributed by atoms with Crippen LogP contribution in [0.2, 0.25) is 0 Å². The summed E-state index contributed by atoms with van der Waals surface area (Å²) in [5.74, 6) is 0.720. The van der Waals surface area contributed by atoms with E-state index in [0.717, 1.165) is 34.2 Å². The van der Waals surface area contributed by atoms with Crippen molar-refractivity contribution in [2.45, 2.75) is 44.2 Å². The summed E-state index contributed by atoms with van der Waals surface area (Å²) in [6, 6.07) is 8.30. The molecule has 0 bridgehead atoms. The first kappa shape index (κ1) is 18.1. The van der Waals surface area contributed by atoms with E-state index in [1.54, 1.807) is 17.8 Å². The predicted molar refractivity (Wildman–Crippen MR) is 115 cm³/mol. The molecule has 0 aliphatic carbocycles. The van der Waals surface area contributed by atoms with Crippen molar-refractivity contribution < 1.29 is 4.74 Å². The van der Waals surface area contributed by atoms with Gasteiger partial charge in [0.15, 0.2) is 0 Å². The Hall–Kier alpha value is -2.27. The van der Waals surface area contributed by atoms with Gasteiger partial charge >= 0.3 is 0 Å². The number of benzene rings is 1. The number of hydrogen-bond donors (Lipinski definition) is 1. The Morgan fingerprint density at radius 3 is 2.67 bits per heavy atom. The third-order valence-corrected chi connectivity index (χ3v) is 6.24. The minimum Gasteiger partial charge on any atom is -0.504 e. The number of nitrogens with one attached hydrogen (secondary N) is 1. The quantitative estimate of drug-likeness (QED) is 0.555. The van der Waals surface area contributed by atoms with E-state index in [1.165, 1.54) is 0 Å². The van der Waals surface area contributed by atoms with Crippen molar-refractivity contribution in [2.24, 2.45) is 7.05 Å². The van der Waals surface area contributed by atoms with Crippen LogP contribution in [0, 0.1) is 6.92 Å². The molecule has 0 radical (unpaired) electrons. The zero-order chi connectivity index (χ0) is 19.6. The van der Waals surface area contributed by atoms with Gasteiger partial charge in [0.2, 0.25) is 0 Å². The van der Waals surface area contributed by atoms with Crippen LogP contribution in [0.15, 0.2) is 35.3 Å². The van der Waals surface area contributed by atoms with Gasteiger partial charge in [-0.05, 0) is 56.8 Å². The average Bonchev–Trinajstić information content (AvgIpc) is 2.58. The maximum atomic E-state index is 13.0. The lowest BCUT2D eigenvalue weighted by molar-refractivity contribution is 0.0424. The maximum Gasteiger partial charge on any atom is 0.258 e.